The van der Waals surface area contributed by atoms with Gasteiger partial charge >= 0.3 is 0 Å². The van der Waals surface area contributed by atoms with E-state index in [1.54, 1.807) is 13.8 Å². The summed E-state index contributed by atoms with van der Waals surface area (Å²) in [5.74, 6) is 0.158. The van der Waals surface area contributed by atoms with Crippen molar-refractivity contribution in [3.8, 4) is 0 Å². The Morgan fingerprint density at radius 1 is 1.35 bits per heavy atom. The zero-order valence-electron chi connectivity index (χ0n) is 11.8. The maximum absolute atomic E-state index is 12.1. The van der Waals surface area contributed by atoms with Gasteiger partial charge in [0.05, 0.1) is 16.4 Å². The SMILES string of the molecule is Cc1cc([N+](=O)[O-])cc(S(=O)(=O)NOCC(C)C)c1C. The maximum Gasteiger partial charge on any atom is 0.271 e. The first-order valence-corrected chi connectivity index (χ1v) is 7.52. The van der Waals surface area contributed by atoms with E-state index in [0.717, 1.165) is 6.07 Å². The lowest BCUT2D eigenvalue weighted by atomic mass is 10.1. The molecule has 1 aromatic rings. The molecule has 1 N–H and O–H groups in total. The van der Waals surface area contributed by atoms with Crippen LogP contribution in [-0.4, -0.2) is 19.9 Å². The topological polar surface area (TPSA) is 98.5 Å². The van der Waals surface area contributed by atoms with Crippen LogP contribution in [0.15, 0.2) is 17.0 Å². The standard InChI is InChI=1S/C12H18N2O5S/c1-8(2)7-19-13-20(17,18)12-6-11(14(15)16)5-9(3)10(12)4/h5-6,8,13H,7H2,1-4H3. The van der Waals surface area contributed by atoms with Gasteiger partial charge in [-0.2, -0.15) is 0 Å². The summed E-state index contributed by atoms with van der Waals surface area (Å²) in [5.41, 5.74) is 0.719. The Kier molecular flexibility index (Phi) is 5.21. The highest BCUT2D eigenvalue weighted by Crippen LogP contribution is 2.25. The van der Waals surface area contributed by atoms with Gasteiger partial charge in [0.1, 0.15) is 0 Å². The molecular weight excluding hydrogens is 284 g/mol. The molecule has 0 bridgehead atoms. The number of aryl methyl sites for hydroxylation is 1. The van der Waals surface area contributed by atoms with Gasteiger partial charge in [0.15, 0.2) is 0 Å². The van der Waals surface area contributed by atoms with Gasteiger partial charge in [-0.25, -0.2) is 8.42 Å². The van der Waals surface area contributed by atoms with Crippen LogP contribution < -0.4 is 4.89 Å². The average molecular weight is 302 g/mol. The number of non-ortho nitro benzene ring substituents is 1. The molecule has 1 aromatic carbocycles. The predicted octanol–water partition coefficient (Wildman–Crippen LogP) is 2.08. The lowest BCUT2D eigenvalue weighted by molar-refractivity contribution is -0.385. The second-order valence-electron chi connectivity index (χ2n) is 4.93. The van der Waals surface area contributed by atoms with Crippen LogP contribution in [0.2, 0.25) is 0 Å². The Morgan fingerprint density at radius 3 is 2.45 bits per heavy atom. The first-order valence-electron chi connectivity index (χ1n) is 6.04. The number of hydrogen-bond donors (Lipinski definition) is 1. The molecule has 0 saturated carbocycles. The van der Waals surface area contributed by atoms with Crippen molar-refractivity contribution in [1.29, 1.82) is 0 Å². The third-order valence-electron chi connectivity index (χ3n) is 2.69. The van der Waals surface area contributed by atoms with Crippen molar-refractivity contribution in [2.24, 2.45) is 5.92 Å². The van der Waals surface area contributed by atoms with Crippen molar-refractivity contribution in [3.63, 3.8) is 0 Å². The molecule has 0 radical (unpaired) electrons. The fraction of sp³-hybridized carbons (Fsp3) is 0.500. The molecule has 1 rings (SSSR count). The molecule has 0 unspecified atom stereocenters. The largest absolute Gasteiger partial charge is 0.287 e. The molecule has 0 aromatic heterocycles. The third kappa shape index (κ3) is 3.99. The number of benzene rings is 1. The summed E-state index contributed by atoms with van der Waals surface area (Å²) in [7, 11) is -3.94. The molecule has 8 heteroatoms. The second-order valence-corrected chi connectivity index (χ2v) is 6.55. The summed E-state index contributed by atoms with van der Waals surface area (Å²) in [6.45, 7) is 7.17. The Morgan fingerprint density at radius 2 is 1.95 bits per heavy atom. The molecule has 112 valence electrons. The number of hydrogen-bond acceptors (Lipinski definition) is 5. The number of nitro benzene ring substituents is 1. The van der Waals surface area contributed by atoms with E-state index in [2.05, 4.69) is 0 Å². The van der Waals surface area contributed by atoms with Crippen LogP contribution >= 0.6 is 0 Å². The van der Waals surface area contributed by atoms with Gasteiger partial charge in [-0.3, -0.25) is 15.0 Å². The molecule has 7 nitrogen and oxygen atoms in total. The van der Waals surface area contributed by atoms with Crippen LogP contribution in [-0.2, 0) is 14.9 Å². The summed E-state index contributed by atoms with van der Waals surface area (Å²) < 4.78 is 24.2. The van der Waals surface area contributed by atoms with Gasteiger partial charge in [0.2, 0.25) is 0 Å². The normalized spacial score (nSPS) is 11.8. The Hall–Kier alpha value is -1.51. The number of sulfonamides is 1. The predicted molar refractivity (Wildman–Crippen MR) is 73.7 cm³/mol. The average Bonchev–Trinajstić information content (AvgIpc) is 2.31. The molecule has 20 heavy (non-hydrogen) atoms. The number of rotatable bonds is 6. The summed E-state index contributed by atoms with van der Waals surface area (Å²) >= 11 is 0. The molecule has 0 amide bonds. The summed E-state index contributed by atoms with van der Waals surface area (Å²) in [6.07, 6.45) is 0. The lowest BCUT2D eigenvalue weighted by Gasteiger charge is -2.12. The van der Waals surface area contributed by atoms with E-state index in [0.29, 0.717) is 11.1 Å². The smallest absolute Gasteiger partial charge is 0.271 e. The Balaban J connectivity index is 3.14. The van der Waals surface area contributed by atoms with E-state index < -0.39 is 14.9 Å². The molecule has 0 aliphatic heterocycles. The van der Waals surface area contributed by atoms with Crippen LogP contribution in [0, 0.1) is 29.9 Å². The number of nitrogens with one attached hydrogen (secondary N) is 1. The van der Waals surface area contributed by atoms with Gasteiger partial charge in [-0.1, -0.05) is 18.7 Å². The summed E-state index contributed by atoms with van der Waals surface area (Å²) in [4.78, 5) is 16.9. The first kappa shape index (κ1) is 16.5. The molecule has 0 aliphatic carbocycles. The van der Waals surface area contributed by atoms with Crippen molar-refractivity contribution in [2.45, 2.75) is 32.6 Å². The van der Waals surface area contributed by atoms with Crippen molar-refractivity contribution in [1.82, 2.24) is 4.89 Å². The van der Waals surface area contributed by atoms with Crippen LogP contribution in [0.3, 0.4) is 0 Å². The van der Waals surface area contributed by atoms with Gasteiger partial charge in [0, 0.05) is 12.1 Å². The van der Waals surface area contributed by atoms with Crippen LogP contribution in [0.5, 0.6) is 0 Å². The zero-order chi connectivity index (χ0) is 15.5. The van der Waals surface area contributed by atoms with Crippen LogP contribution in [0.1, 0.15) is 25.0 Å². The molecule has 0 saturated heterocycles. The second kappa shape index (κ2) is 6.29. The fourth-order valence-corrected chi connectivity index (χ4v) is 2.67. The molecule has 0 heterocycles. The van der Waals surface area contributed by atoms with Gasteiger partial charge in [-0.05, 0) is 30.9 Å². The lowest BCUT2D eigenvalue weighted by Crippen LogP contribution is -2.26. The number of nitrogens with zero attached hydrogens (tertiary/aromatic N) is 1. The van der Waals surface area contributed by atoms with Gasteiger partial charge in [0.25, 0.3) is 15.7 Å². The van der Waals surface area contributed by atoms with E-state index in [9.17, 15) is 18.5 Å². The van der Waals surface area contributed by atoms with E-state index in [4.69, 9.17) is 4.84 Å². The molecule has 0 atom stereocenters. The van der Waals surface area contributed by atoms with Crippen molar-refractivity contribution < 1.29 is 18.2 Å². The summed E-state index contributed by atoms with van der Waals surface area (Å²) in [5, 5.41) is 10.8. The van der Waals surface area contributed by atoms with E-state index in [-0.39, 0.29) is 23.1 Å². The quantitative estimate of drug-likeness (QED) is 0.640. The molecule has 0 spiro atoms. The Labute approximate surface area is 118 Å². The van der Waals surface area contributed by atoms with Crippen molar-refractivity contribution in [3.05, 3.63) is 33.4 Å². The van der Waals surface area contributed by atoms with Gasteiger partial charge < -0.3 is 0 Å². The van der Waals surface area contributed by atoms with E-state index in [1.165, 1.54) is 6.07 Å². The Bertz CT molecular complexity index is 611. The van der Waals surface area contributed by atoms with Crippen LogP contribution in [0.4, 0.5) is 5.69 Å². The minimum Gasteiger partial charge on any atom is -0.287 e. The van der Waals surface area contributed by atoms with Crippen molar-refractivity contribution >= 4 is 15.7 Å². The molecule has 0 aliphatic rings. The highest BCUT2D eigenvalue weighted by atomic mass is 32.2. The maximum atomic E-state index is 12.1. The van der Waals surface area contributed by atoms with Crippen LogP contribution in [0.25, 0.3) is 0 Å². The first-order chi connectivity index (χ1) is 9.15. The highest BCUT2D eigenvalue weighted by Gasteiger charge is 2.22. The molecular formula is C12H18N2O5S. The monoisotopic (exact) mass is 302 g/mol. The minimum atomic E-state index is -3.94. The zero-order valence-corrected chi connectivity index (χ0v) is 12.7. The van der Waals surface area contributed by atoms with E-state index >= 15 is 0 Å². The number of nitro groups is 1. The summed E-state index contributed by atoms with van der Waals surface area (Å²) in [6, 6.07) is 2.37. The van der Waals surface area contributed by atoms with E-state index in [1.807, 2.05) is 18.7 Å². The minimum absolute atomic E-state index is 0.145. The fourth-order valence-electron chi connectivity index (χ4n) is 1.52. The third-order valence-corrected chi connectivity index (χ3v) is 4.03. The highest BCUT2D eigenvalue weighted by molar-refractivity contribution is 7.89. The van der Waals surface area contributed by atoms with Crippen molar-refractivity contribution in [2.75, 3.05) is 6.61 Å². The van der Waals surface area contributed by atoms with Gasteiger partial charge in [-0.15, -0.1) is 0 Å². The molecule has 0 fully saturated rings.